The van der Waals surface area contributed by atoms with Crippen LogP contribution in [0.15, 0.2) is 24.3 Å². The quantitative estimate of drug-likeness (QED) is 0.813. The highest BCUT2D eigenvalue weighted by molar-refractivity contribution is 5.32. The molecule has 3 N–H and O–H groups in total. The minimum absolute atomic E-state index is 0.105. The number of nitrogens with two attached hydrogens (primary N) is 1. The molecule has 0 aromatic heterocycles. The predicted octanol–water partition coefficient (Wildman–Crippen LogP) is 3.21. The highest BCUT2D eigenvalue weighted by Gasteiger charge is 2.50. The molecule has 3 rings (SSSR count). The Balaban J connectivity index is 1.92. The van der Waals surface area contributed by atoms with Gasteiger partial charge in [-0.3, -0.25) is 0 Å². The van der Waals surface area contributed by atoms with Crippen molar-refractivity contribution in [1.82, 2.24) is 0 Å². The summed E-state index contributed by atoms with van der Waals surface area (Å²) in [5.74, 6) is 0. The van der Waals surface area contributed by atoms with Crippen molar-refractivity contribution in [3.8, 4) is 0 Å². The van der Waals surface area contributed by atoms with Gasteiger partial charge in [-0.15, -0.1) is 0 Å². The lowest BCUT2D eigenvalue weighted by molar-refractivity contribution is -0.0990. The zero-order valence-electron chi connectivity index (χ0n) is 12.4. The van der Waals surface area contributed by atoms with Crippen LogP contribution in [0.2, 0.25) is 0 Å². The maximum atomic E-state index is 11.4. The van der Waals surface area contributed by atoms with Gasteiger partial charge in [0.1, 0.15) is 0 Å². The van der Waals surface area contributed by atoms with Crippen molar-refractivity contribution in [3.05, 3.63) is 35.4 Å². The lowest BCUT2D eigenvalue weighted by atomic mass is 9.59. The van der Waals surface area contributed by atoms with E-state index >= 15 is 0 Å². The van der Waals surface area contributed by atoms with Crippen molar-refractivity contribution in [3.63, 3.8) is 0 Å². The summed E-state index contributed by atoms with van der Waals surface area (Å²) in [6.07, 6.45) is 9.76. The monoisotopic (exact) mass is 273 g/mol. The van der Waals surface area contributed by atoms with E-state index in [1.807, 2.05) is 0 Å². The molecule has 1 atom stereocenters. The minimum Gasteiger partial charge on any atom is -0.389 e. The van der Waals surface area contributed by atoms with E-state index < -0.39 is 5.60 Å². The van der Waals surface area contributed by atoms with Gasteiger partial charge in [0.2, 0.25) is 0 Å². The Morgan fingerprint density at radius 3 is 2.25 bits per heavy atom. The van der Waals surface area contributed by atoms with Crippen molar-refractivity contribution < 1.29 is 5.11 Å². The van der Waals surface area contributed by atoms with E-state index in [-0.39, 0.29) is 5.41 Å². The van der Waals surface area contributed by atoms with E-state index in [2.05, 4.69) is 24.3 Å². The van der Waals surface area contributed by atoms with Crippen molar-refractivity contribution in [2.45, 2.75) is 63.4 Å². The molecule has 1 saturated carbocycles. The van der Waals surface area contributed by atoms with Crippen LogP contribution in [-0.4, -0.2) is 17.3 Å². The second-order valence-corrected chi connectivity index (χ2v) is 6.88. The summed E-state index contributed by atoms with van der Waals surface area (Å²) in [7, 11) is 0. The van der Waals surface area contributed by atoms with Gasteiger partial charge in [-0.2, -0.15) is 0 Å². The number of benzene rings is 1. The lowest BCUT2D eigenvalue weighted by Gasteiger charge is -2.49. The van der Waals surface area contributed by atoms with E-state index in [0.29, 0.717) is 6.54 Å². The summed E-state index contributed by atoms with van der Waals surface area (Å²) < 4.78 is 0. The fraction of sp³-hybridized carbons (Fsp3) is 0.667. The Bertz CT molecular complexity index is 462. The molecule has 0 saturated heterocycles. The van der Waals surface area contributed by atoms with Crippen LogP contribution in [0.4, 0.5) is 0 Å². The summed E-state index contributed by atoms with van der Waals surface area (Å²) >= 11 is 0. The second kappa shape index (κ2) is 5.50. The third-order valence-corrected chi connectivity index (χ3v) is 5.83. The SMILES string of the molecule is NCC1(C2(O)CCCCCC2)CCc2ccccc2C1. The largest absolute Gasteiger partial charge is 0.389 e. The first-order chi connectivity index (χ1) is 9.69. The zero-order valence-corrected chi connectivity index (χ0v) is 12.4. The number of rotatable bonds is 2. The topological polar surface area (TPSA) is 46.2 Å². The van der Waals surface area contributed by atoms with Gasteiger partial charge in [0, 0.05) is 12.0 Å². The maximum Gasteiger partial charge on any atom is 0.0719 e. The lowest BCUT2D eigenvalue weighted by Crippen LogP contribution is -2.55. The Morgan fingerprint density at radius 2 is 1.60 bits per heavy atom. The molecule has 110 valence electrons. The molecule has 1 fully saturated rings. The van der Waals surface area contributed by atoms with Gasteiger partial charge in [-0.25, -0.2) is 0 Å². The first-order valence-corrected chi connectivity index (χ1v) is 8.18. The van der Waals surface area contributed by atoms with Crippen LogP contribution in [0.25, 0.3) is 0 Å². The van der Waals surface area contributed by atoms with Gasteiger partial charge in [0.05, 0.1) is 5.60 Å². The maximum absolute atomic E-state index is 11.4. The van der Waals surface area contributed by atoms with Gasteiger partial charge >= 0.3 is 0 Å². The Kier molecular flexibility index (Phi) is 3.87. The molecule has 1 aromatic rings. The molecule has 1 aromatic carbocycles. The molecule has 0 amide bonds. The van der Waals surface area contributed by atoms with Gasteiger partial charge < -0.3 is 10.8 Å². The van der Waals surface area contributed by atoms with Crippen molar-refractivity contribution in [2.24, 2.45) is 11.1 Å². The van der Waals surface area contributed by atoms with Crippen molar-refractivity contribution in [1.29, 1.82) is 0 Å². The molecule has 20 heavy (non-hydrogen) atoms. The van der Waals surface area contributed by atoms with E-state index in [4.69, 9.17) is 5.73 Å². The summed E-state index contributed by atoms with van der Waals surface area (Å²) in [4.78, 5) is 0. The third kappa shape index (κ3) is 2.29. The Hall–Kier alpha value is -0.860. The predicted molar refractivity (Wildman–Crippen MR) is 82.6 cm³/mol. The molecule has 1 unspecified atom stereocenters. The van der Waals surface area contributed by atoms with E-state index in [0.717, 1.165) is 44.9 Å². The summed E-state index contributed by atoms with van der Waals surface area (Å²) in [6, 6.07) is 8.68. The molecular formula is C18H27NO. The molecule has 2 heteroatoms. The highest BCUT2D eigenvalue weighted by atomic mass is 16.3. The number of hydrogen-bond acceptors (Lipinski definition) is 2. The van der Waals surface area contributed by atoms with Crippen LogP contribution in [0, 0.1) is 5.41 Å². The summed E-state index contributed by atoms with van der Waals surface area (Å²) in [6.45, 7) is 0.609. The molecule has 2 aliphatic rings. The number of hydrogen-bond donors (Lipinski definition) is 2. The van der Waals surface area contributed by atoms with E-state index in [1.54, 1.807) is 0 Å². The number of fused-ring (bicyclic) bond motifs is 1. The standard InChI is InChI=1S/C18H27NO/c19-14-17(18(20)10-5-1-2-6-11-18)12-9-15-7-3-4-8-16(15)13-17/h3-4,7-8,20H,1-2,5-6,9-14,19H2. The molecule has 0 bridgehead atoms. The first-order valence-electron chi connectivity index (χ1n) is 8.18. The first kappa shape index (κ1) is 14.1. The van der Waals surface area contributed by atoms with Gasteiger partial charge in [0.15, 0.2) is 0 Å². The van der Waals surface area contributed by atoms with E-state index in [9.17, 15) is 5.11 Å². The van der Waals surface area contributed by atoms with Gasteiger partial charge in [-0.05, 0) is 43.2 Å². The number of aryl methyl sites for hydroxylation is 1. The molecule has 2 aliphatic carbocycles. The zero-order chi connectivity index (χ0) is 14.1. The van der Waals surface area contributed by atoms with Crippen molar-refractivity contribution in [2.75, 3.05) is 6.54 Å². The average molecular weight is 273 g/mol. The summed E-state index contributed by atoms with van der Waals surface area (Å²) in [5.41, 5.74) is 8.40. The van der Waals surface area contributed by atoms with Gasteiger partial charge in [0.25, 0.3) is 0 Å². The fourth-order valence-corrected chi connectivity index (χ4v) is 4.41. The normalized spacial score (nSPS) is 29.5. The highest BCUT2D eigenvalue weighted by Crippen LogP contribution is 2.48. The molecule has 2 nitrogen and oxygen atoms in total. The fourth-order valence-electron chi connectivity index (χ4n) is 4.41. The van der Waals surface area contributed by atoms with Gasteiger partial charge in [-0.1, -0.05) is 49.9 Å². The molecule has 0 radical (unpaired) electrons. The second-order valence-electron chi connectivity index (χ2n) is 6.88. The van der Waals surface area contributed by atoms with Crippen molar-refractivity contribution >= 4 is 0 Å². The summed E-state index contributed by atoms with van der Waals surface area (Å²) in [5, 5.41) is 11.4. The molecule has 0 heterocycles. The Morgan fingerprint density at radius 1 is 0.950 bits per heavy atom. The van der Waals surface area contributed by atoms with Crippen LogP contribution in [0.5, 0.6) is 0 Å². The van der Waals surface area contributed by atoms with Crippen LogP contribution < -0.4 is 5.73 Å². The number of aliphatic hydroxyl groups is 1. The molecule has 0 spiro atoms. The third-order valence-electron chi connectivity index (χ3n) is 5.83. The smallest absolute Gasteiger partial charge is 0.0719 e. The van der Waals surface area contributed by atoms with Crippen LogP contribution in [0.3, 0.4) is 0 Å². The molecule has 0 aliphatic heterocycles. The molecular weight excluding hydrogens is 246 g/mol. The van der Waals surface area contributed by atoms with Crippen LogP contribution in [0.1, 0.15) is 56.1 Å². The van der Waals surface area contributed by atoms with Crippen LogP contribution in [-0.2, 0) is 12.8 Å². The Labute approximate surface area is 122 Å². The average Bonchev–Trinajstić information content (AvgIpc) is 2.72. The van der Waals surface area contributed by atoms with Crippen LogP contribution >= 0.6 is 0 Å². The minimum atomic E-state index is -0.550. The van der Waals surface area contributed by atoms with E-state index in [1.165, 1.54) is 24.0 Å².